The van der Waals surface area contributed by atoms with E-state index < -0.39 is 0 Å². The molecular weight excluding hydrogens is 594 g/mol. The van der Waals surface area contributed by atoms with Crippen LogP contribution in [0.25, 0.3) is 0 Å². The molecule has 0 bridgehead atoms. The van der Waals surface area contributed by atoms with Gasteiger partial charge in [-0.15, -0.1) is 0 Å². The lowest BCUT2D eigenvalue weighted by molar-refractivity contribution is -0.942. The van der Waals surface area contributed by atoms with Crippen LogP contribution in [0.15, 0.2) is 47.6 Å². The summed E-state index contributed by atoms with van der Waals surface area (Å²) < 4.78 is 0.540. The second kappa shape index (κ2) is 11.1. The topological polar surface area (TPSA) is 44.7 Å². The molecule has 1 fully saturated rings. The van der Waals surface area contributed by atoms with Crippen LogP contribution in [0.4, 0.5) is 5.69 Å². The van der Waals surface area contributed by atoms with E-state index in [4.69, 9.17) is 39.9 Å². The zero-order chi connectivity index (χ0) is 22.9. The molecule has 0 radical (unpaired) electrons. The number of nitrogens with zero attached hydrogens (tertiary/aromatic N) is 3. The van der Waals surface area contributed by atoms with Crippen LogP contribution in [0.2, 0.25) is 15.1 Å². The minimum Gasteiger partial charge on any atom is -1.00 e. The minimum absolute atomic E-state index is 0. The normalized spacial score (nSPS) is 22.2. The summed E-state index contributed by atoms with van der Waals surface area (Å²) in [6.07, 6.45) is 4.64. The van der Waals surface area contributed by atoms with E-state index in [-0.39, 0.29) is 41.8 Å². The molecule has 0 aromatic heterocycles. The van der Waals surface area contributed by atoms with Crippen molar-refractivity contribution in [2.24, 2.45) is 11.0 Å². The number of nitrogens with one attached hydrogen (secondary N) is 1. The molecule has 1 saturated heterocycles. The van der Waals surface area contributed by atoms with E-state index in [1.54, 1.807) is 12.1 Å². The summed E-state index contributed by atoms with van der Waals surface area (Å²) in [4.78, 5) is 13.4. The molecule has 9 heteroatoms. The molecule has 0 spiro atoms. The molecule has 2 aliphatic heterocycles. The Morgan fingerprint density at radius 3 is 2.21 bits per heavy atom. The van der Waals surface area contributed by atoms with E-state index >= 15 is 0 Å². The third kappa shape index (κ3) is 5.96. The molecule has 33 heavy (non-hydrogen) atoms. The van der Waals surface area contributed by atoms with Crippen molar-refractivity contribution in [1.29, 1.82) is 0 Å². The monoisotopic (exact) mass is 620 g/mol. The smallest absolute Gasteiger partial charge is 0.312 e. The maximum absolute atomic E-state index is 13.4. The number of anilines is 1. The van der Waals surface area contributed by atoms with E-state index in [1.807, 2.05) is 42.3 Å². The number of rotatable bonds is 4. The first-order valence-electron chi connectivity index (χ1n) is 11.0. The van der Waals surface area contributed by atoms with Gasteiger partial charge in [-0.25, -0.2) is 4.59 Å². The van der Waals surface area contributed by atoms with Crippen LogP contribution < -0.4 is 34.4 Å². The van der Waals surface area contributed by atoms with Crippen molar-refractivity contribution < 1.29 is 33.4 Å². The van der Waals surface area contributed by atoms with Gasteiger partial charge >= 0.3 is 5.91 Å². The Hall–Kier alpha value is -1.06. The number of carbonyl (C=O) groups is 1. The van der Waals surface area contributed by atoms with Gasteiger partial charge < -0.3 is 24.0 Å². The number of amides is 1. The second-order valence-corrected chi connectivity index (χ2v) is 10.2. The molecule has 2 aromatic carbocycles. The van der Waals surface area contributed by atoms with E-state index in [1.165, 1.54) is 12.8 Å². The summed E-state index contributed by atoms with van der Waals surface area (Å²) >= 11 is 18.8. The molecule has 0 aliphatic carbocycles. The third-order valence-electron chi connectivity index (χ3n) is 6.41. The highest BCUT2D eigenvalue weighted by atomic mass is 127. The summed E-state index contributed by atoms with van der Waals surface area (Å²) in [5.74, 6) is -0.282. The number of likely N-dealkylation sites (tertiary alicyclic amines) is 1. The number of hydrogen-bond donors (Lipinski definition) is 1. The van der Waals surface area contributed by atoms with Crippen LogP contribution >= 0.6 is 34.8 Å². The Labute approximate surface area is 227 Å². The predicted molar refractivity (Wildman–Crippen MR) is 132 cm³/mol. The molecule has 1 amide bonds. The fourth-order valence-corrected chi connectivity index (χ4v) is 5.27. The largest absolute Gasteiger partial charge is 1.00 e. The van der Waals surface area contributed by atoms with E-state index in [9.17, 15) is 4.79 Å². The van der Waals surface area contributed by atoms with Gasteiger partial charge in [-0.2, -0.15) is 10.5 Å². The van der Waals surface area contributed by atoms with Gasteiger partial charge in [-0.1, -0.05) is 53.9 Å². The van der Waals surface area contributed by atoms with Gasteiger partial charge in [0.15, 0.2) is 0 Å². The lowest BCUT2D eigenvalue weighted by atomic mass is 9.91. The highest BCUT2D eigenvalue weighted by Crippen LogP contribution is 2.42. The Morgan fingerprint density at radius 1 is 1.00 bits per heavy atom. The number of benzene rings is 2. The van der Waals surface area contributed by atoms with Crippen LogP contribution in [0.3, 0.4) is 0 Å². The molecule has 2 atom stereocenters. The molecule has 1 N–H and O–H groups in total. The maximum Gasteiger partial charge on any atom is 0.312 e. The van der Waals surface area contributed by atoms with Crippen LogP contribution in [0.1, 0.15) is 44.2 Å². The van der Waals surface area contributed by atoms with Crippen LogP contribution in [0, 0.1) is 5.92 Å². The molecule has 0 unspecified atom stereocenters. The molecular formula is C24H28Cl3IN4O. The molecule has 5 nitrogen and oxygen atoms in total. The molecule has 0 saturated carbocycles. The minimum atomic E-state index is -0.193. The Balaban J connectivity index is 0.00000306. The average molecular weight is 622 g/mol. The summed E-state index contributed by atoms with van der Waals surface area (Å²) in [5, 5.41) is 8.33. The van der Waals surface area contributed by atoms with Crippen LogP contribution in [-0.2, 0) is 4.79 Å². The summed E-state index contributed by atoms with van der Waals surface area (Å²) in [5.41, 5.74) is 5.47. The van der Waals surface area contributed by atoms with Gasteiger partial charge in [0.25, 0.3) is 0 Å². The third-order valence-corrected chi connectivity index (χ3v) is 7.20. The first-order chi connectivity index (χ1) is 15.3. The Morgan fingerprint density at radius 2 is 1.61 bits per heavy atom. The standard InChI is InChI=1S/C24H27Cl3N4O.HI/c1-16-22(24(32)29-31(2)13-5-3-4-6-14-31)28-30(21-12-11-19(26)15-20(21)27)23(16)17-7-9-18(25)10-8-17;/h7-12,15-16,23H,3-6,13-14H2,1-2H3;1H/t16-,23-;/m1./s1. The average Bonchev–Trinajstić information content (AvgIpc) is 2.93. The zero-order valence-electron chi connectivity index (χ0n) is 18.7. The van der Waals surface area contributed by atoms with Gasteiger partial charge in [0.2, 0.25) is 0 Å². The number of hydrogen-bond acceptors (Lipinski definition) is 3. The van der Waals surface area contributed by atoms with Crippen molar-refractivity contribution >= 4 is 52.1 Å². The first-order valence-corrected chi connectivity index (χ1v) is 12.2. The number of halogens is 4. The van der Waals surface area contributed by atoms with Crippen molar-refractivity contribution in [3.05, 3.63) is 63.1 Å². The van der Waals surface area contributed by atoms with Crippen molar-refractivity contribution in [3.8, 4) is 0 Å². The molecule has 178 valence electrons. The molecule has 2 heterocycles. The van der Waals surface area contributed by atoms with Crippen molar-refractivity contribution in [2.45, 2.75) is 38.6 Å². The van der Waals surface area contributed by atoms with Gasteiger partial charge in [0.05, 0.1) is 23.8 Å². The Kier molecular flexibility index (Phi) is 8.94. The highest BCUT2D eigenvalue weighted by Gasteiger charge is 2.42. The lowest BCUT2D eigenvalue weighted by Gasteiger charge is -2.32. The SMILES string of the molecule is C[C@@H]1C(C(=O)N[N+]2(C)CCCCCC2)=NN(c2ccc(Cl)cc2Cl)[C@H]1c1ccc(Cl)cc1.[I-]. The van der Waals surface area contributed by atoms with Gasteiger partial charge in [-0.05, 0) is 61.6 Å². The fraction of sp³-hybridized carbons (Fsp3) is 0.417. The van der Waals surface area contributed by atoms with Crippen molar-refractivity contribution in [3.63, 3.8) is 0 Å². The quantitative estimate of drug-likeness (QED) is 0.421. The summed E-state index contributed by atoms with van der Waals surface area (Å²) in [7, 11) is 2.09. The summed E-state index contributed by atoms with van der Waals surface area (Å²) in [6.45, 7) is 3.89. The van der Waals surface area contributed by atoms with Crippen molar-refractivity contribution in [1.82, 2.24) is 5.43 Å². The zero-order valence-corrected chi connectivity index (χ0v) is 23.1. The number of carbonyl (C=O) groups excluding carboxylic acids is 1. The fourth-order valence-electron chi connectivity index (χ4n) is 4.64. The first kappa shape index (κ1) is 26.5. The van der Waals surface area contributed by atoms with E-state index in [0.29, 0.717) is 31.1 Å². The predicted octanol–water partition coefficient (Wildman–Crippen LogP) is 3.26. The Bertz CT molecular complexity index is 1020. The van der Waals surface area contributed by atoms with Crippen LogP contribution in [-0.4, -0.2) is 36.3 Å². The van der Waals surface area contributed by atoms with E-state index in [2.05, 4.69) is 12.5 Å². The number of quaternary nitrogens is 1. The number of hydrazone groups is 1. The maximum atomic E-state index is 13.4. The van der Waals surface area contributed by atoms with Gasteiger partial charge in [0, 0.05) is 16.0 Å². The van der Waals surface area contributed by atoms with Crippen molar-refractivity contribution in [2.75, 3.05) is 25.1 Å². The van der Waals surface area contributed by atoms with Gasteiger partial charge in [0.1, 0.15) is 18.8 Å². The molecule has 2 aliphatic rings. The van der Waals surface area contributed by atoms with E-state index in [0.717, 1.165) is 31.5 Å². The molecule has 2 aromatic rings. The van der Waals surface area contributed by atoms with Gasteiger partial charge in [-0.3, -0.25) is 9.80 Å². The summed E-state index contributed by atoms with van der Waals surface area (Å²) in [6, 6.07) is 12.8. The second-order valence-electron chi connectivity index (χ2n) is 8.91. The molecule has 4 rings (SSSR count). The lowest BCUT2D eigenvalue weighted by Crippen LogP contribution is -3.00. The van der Waals surface area contributed by atoms with Crippen LogP contribution in [0.5, 0.6) is 0 Å². The highest BCUT2D eigenvalue weighted by molar-refractivity contribution is 6.40.